The van der Waals surface area contributed by atoms with Gasteiger partial charge in [-0.3, -0.25) is 0 Å². The summed E-state index contributed by atoms with van der Waals surface area (Å²) < 4.78 is 5.33. The third-order valence-corrected chi connectivity index (χ3v) is 4.47. The monoisotopic (exact) mass is 260 g/mol. The van der Waals surface area contributed by atoms with Crippen LogP contribution in [0.5, 0.6) is 0 Å². The number of ether oxygens (including phenoxy) is 1. The second-order valence-electron chi connectivity index (χ2n) is 6.33. The zero-order valence-corrected chi connectivity index (χ0v) is 11.8. The van der Waals surface area contributed by atoms with Crippen LogP contribution in [0.15, 0.2) is 18.2 Å². The van der Waals surface area contributed by atoms with Gasteiger partial charge in [-0.1, -0.05) is 18.2 Å². The first kappa shape index (κ1) is 13.1. The highest BCUT2D eigenvalue weighted by atomic mass is 16.5. The SMILES string of the molecule is CN(Cc1ccc2c(c1)CCC2)CC1(CN)COC1. The van der Waals surface area contributed by atoms with Crippen molar-refractivity contribution < 1.29 is 4.74 Å². The maximum absolute atomic E-state index is 5.88. The second-order valence-corrected chi connectivity index (χ2v) is 6.33. The van der Waals surface area contributed by atoms with Crippen LogP contribution in [0.4, 0.5) is 0 Å². The minimum absolute atomic E-state index is 0.200. The Labute approximate surface area is 115 Å². The van der Waals surface area contributed by atoms with Gasteiger partial charge in [-0.25, -0.2) is 0 Å². The van der Waals surface area contributed by atoms with Crippen molar-refractivity contribution in [3.8, 4) is 0 Å². The molecule has 0 amide bonds. The summed E-state index contributed by atoms with van der Waals surface area (Å²) in [5, 5.41) is 0. The Balaban J connectivity index is 1.61. The maximum atomic E-state index is 5.88. The first-order chi connectivity index (χ1) is 9.21. The number of hydrogen-bond donors (Lipinski definition) is 1. The fourth-order valence-electron chi connectivity index (χ4n) is 3.33. The van der Waals surface area contributed by atoms with E-state index in [1.807, 2.05) is 0 Å². The molecule has 0 unspecified atom stereocenters. The third-order valence-electron chi connectivity index (χ3n) is 4.47. The molecule has 1 fully saturated rings. The highest BCUT2D eigenvalue weighted by Gasteiger charge is 2.38. The van der Waals surface area contributed by atoms with Crippen LogP contribution in [0.3, 0.4) is 0 Å². The number of rotatable bonds is 5. The Hall–Kier alpha value is -0.900. The zero-order valence-electron chi connectivity index (χ0n) is 11.8. The van der Waals surface area contributed by atoms with E-state index < -0.39 is 0 Å². The summed E-state index contributed by atoms with van der Waals surface area (Å²) >= 11 is 0. The average Bonchev–Trinajstić information content (AvgIpc) is 2.81. The molecule has 0 spiro atoms. The van der Waals surface area contributed by atoms with E-state index in [4.69, 9.17) is 10.5 Å². The fourth-order valence-corrected chi connectivity index (χ4v) is 3.33. The number of hydrogen-bond acceptors (Lipinski definition) is 3. The molecule has 0 bridgehead atoms. The number of benzene rings is 1. The van der Waals surface area contributed by atoms with Crippen LogP contribution in [-0.2, 0) is 24.1 Å². The lowest BCUT2D eigenvalue weighted by atomic mass is 9.85. The molecule has 3 heteroatoms. The van der Waals surface area contributed by atoms with Gasteiger partial charge in [0.15, 0.2) is 0 Å². The lowest BCUT2D eigenvalue weighted by Gasteiger charge is -2.43. The van der Waals surface area contributed by atoms with Gasteiger partial charge in [0, 0.05) is 25.0 Å². The molecule has 1 heterocycles. The van der Waals surface area contributed by atoms with Crippen molar-refractivity contribution in [3.05, 3.63) is 34.9 Å². The predicted octanol–water partition coefficient (Wildman–Crippen LogP) is 1.58. The Bertz CT molecular complexity index is 449. The molecule has 1 saturated heterocycles. The molecule has 1 aliphatic heterocycles. The first-order valence-electron chi connectivity index (χ1n) is 7.28. The summed E-state index contributed by atoms with van der Waals surface area (Å²) in [5.74, 6) is 0. The summed E-state index contributed by atoms with van der Waals surface area (Å²) in [7, 11) is 2.18. The topological polar surface area (TPSA) is 38.5 Å². The number of fused-ring (bicyclic) bond motifs is 1. The van der Waals surface area contributed by atoms with Crippen LogP contribution in [0.25, 0.3) is 0 Å². The van der Waals surface area contributed by atoms with E-state index in [1.165, 1.54) is 24.8 Å². The van der Waals surface area contributed by atoms with Gasteiger partial charge in [0.1, 0.15) is 0 Å². The minimum atomic E-state index is 0.200. The van der Waals surface area contributed by atoms with Gasteiger partial charge in [0.25, 0.3) is 0 Å². The van der Waals surface area contributed by atoms with Crippen molar-refractivity contribution in [1.29, 1.82) is 0 Å². The standard InChI is InChI=1S/C16H24N2O/c1-18(10-16(9-17)11-19-12-16)8-13-5-6-14-3-2-4-15(14)7-13/h5-7H,2-4,8-12,17H2,1H3. The Morgan fingerprint density at radius 1 is 1.26 bits per heavy atom. The van der Waals surface area contributed by atoms with Crippen LogP contribution in [0.1, 0.15) is 23.1 Å². The Kier molecular flexibility index (Phi) is 3.61. The number of nitrogens with zero attached hydrogens (tertiary/aromatic N) is 1. The van der Waals surface area contributed by atoms with Crippen molar-refractivity contribution in [1.82, 2.24) is 4.90 Å². The van der Waals surface area contributed by atoms with Crippen molar-refractivity contribution in [2.75, 3.05) is 33.4 Å². The van der Waals surface area contributed by atoms with E-state index in [2.05, 4.69) is 30.1 Å². The number of nitrogens with two attached hydrogens (primary N) is 1. The fraction of sp³-hybridized carbons (Fsp3) is 0.625. The average molecular weight is 260 g/mol. The van der Waals surface area contributed by atoms with Gasteiger partial charge in [0.05, 0.1) is 13.2 Å². The molecule has 3 rings (SSSR count). The molecule has 0 aromatic heterocycles. The molecule has 1 aromatic rings. The van der Waals surface area contributed by atoms with Gasteiger partial charge < -0.3 is 15.4 Å². The van der Waals surface area contributed by atoms with Crippen LogP contribution in [-0.4, -0.2) is 38.3 Å². The van der Waals surface area contributed by atoms with Gasteiger partial charge in [0.2, 0.25) is 0 Å². The molecular weight excluding hydrogens is 236 g/mol. The number of aryl methyl sites for hydroxylation is 2. The van der Waals surface area contributed by atoms with Gasteiger partial charge >= 0.3 is 0 Å². The summed E-state index contributed by atoms with van der Waals surface area (Å²) in [6.45, 7) is 4.40. The molecule has 0 radical (unpaired) electrons. The Morgan fingerprint density at radius 3 is 2.74 bits per heavy atom. The van der Waals surface area contributed by atoms with Crippen molar-refractivity contribution in [2.45, 2.75) is 25.8 Å². The highest BCUT2D eigenvalue weighted by molar-refractivity contribution is 5.35. The third kappa shape index (κ3) is 2.69. The molecule has 2 N–H and O–H groups in total. The predicted molar refractivity (Wildman–Crippen MR) is 77.1 cm³/mol. The molecule has 3 nitrogen and oxygen atoms in total. The van der Waals surface area contributed by atoms with E-state index in [-0.39, 0.29) is 5.41 Å². The summed E-state index contributed by atoms with van der Waals surface area (Å²) in [6, 6.07) is 6.99. The van der Waals surface area contributed by atoms with Gasteiger partial charge in [-0.05, 0) is 43.0 Å². The normalized spacial score (nSPS) is 20.4. The highest BCUT2D eigenvalue weighted by Crippen LogP contribution is 2.28. The molecule has 0 atom stereocenters. The van der Waals surface area contributed by atoms with E-state index >= 15 is 0 Å². The van der Waals surface area contributed by atoms with E-state index in [0.29, 0.717) is 0 Å². The summed E-state index contributed by atoms with van der Waals surface area (Å²) in [6.07, 6.45) is 3.84. The summed E-state index contributed by atoms with van der Waals surface area (Å²) in [5.41, 5.74) is 10.6. The molecule has 2 aliphatic rings. The second kappa shape index (κ2) is 5.23. The smallest absolute Gasteiger partial charge is 0.0569 e. The molecule has 1 aromatic carbocycles. The molecular formula is C16H24N2O. The minimum Gasteiger partial charge on any atom is -0.380 e. The Morgan fingerprint density at radius 2 is 2.05 bits per heavy atom. The van der Waals surface area contributed by atoms with E-state index in [1.54, 1.807) is 11.1 Å². The molecule has 1 aliphatic carbocycles. The lowest BCUT2D eigenvalue weighted by molar-refractivity contribution is -0.118. The van der Waals surface area contributed by atoms with Crippen molar-refractivity contribution >= 4 is 0 Å². The maximum Gasteiger partial charge on any atom is 0.0569 e. The largest absolute Gasteiger partial charge is 0.380 e. The van der Waals surface area contributed by atoms with E-state index in [0.717, 1.165) is 32.8 Å². The molecule has 19 heavy (non-hydrogen) atoms. The molecule has 0 saturated carbocycles. The molecule has 104 valence electrons. The van der Waals surface area contributed by atoms with Crippen LogP contribution in [0, 0.1) is 5.41 Å². The van der Waals surface area contributed by atoms with Crippen molar-refractivity contribution in [2.24, 2.45) is 11.1 Å². The van der Waals surface area contributed by atoms with E-state index in [9.17, 15) is 0 Å². The van der Waals surface area contributed by atoms with Gasteiger partial charge in [-0.15, -0.1) is 0 Å². The zero-order chi connectivity index (χ0) is 13.3. The van der Waals surface area contributed by atoms with Crippen molar-refractivity contribution in [3.63, 3.8) is 0 Å². The van der Waals surface area contributed by atoms with Gasteiger partial charge in [-0.2, -0.15) is 0 Å². The summed E-state index contributed by atoms with van der Waals surface area (Å²) in [4.78, 5) is 2.38. The van der Waals surface area contributed by atoms with Crippen LogP contribution >= 0.6 is 0 Å². The van der Waals surface area contributed by atoms with Crippen LogP contribution < -0.4 is 5.73 Å². The first-order valence-corrected chi connectivity index (χ1v) is 7.28. The quantitative estimate of drug-likeness (QED) is 0.873. The van der Waals surface area contributed by atoms with Crippen LogP contribution in [0.2, 0.25) is 0 Å². The lowest BCUT2D eigenvalue weighted by Crippen LogP contribution is -2.54.